The molecule has 2 rings (SSSR count). The van der Waals surface area contributed by atoms with Crippen molar-refractivity contribution in [2.24, 2.45) is 0 Å². The monoisotopic (exact) mass is 264 g/mol. The smallest absolute Gasteiger partial charge is 0.119 e. The van der Waals surface area contributed by atoms with Crippen molar-refractivity contribution in [3.63, 3.8) is 0 Å². The van der Waals surface area contributed by atoms with Crippen LogP contribution in [0, 0.1) is 6.92 Å². The maximum Gasteiger partial charge on any atom is 0.119 e. The van der Waals surface area contributed by atoms with Crippen molar-refractivity contribution in [2.75, 3.05) is 39.3 Å². The summed E-state index contributed by atoms with van der Waals surface area (Å²) in [7, 11) is 0. The predicted octanol–water partition coefficient (Wildman–Crippen LogP) is 1.33. The molecular weight excluding hydrogens is 240 g/mol. The highest BCUT2D eigenvalue weighted by atomic mass is 16.5. The molecule has 0 saturated carbocycles. The third-order valence-electron chi connectivity index (χ3n) is 3.55. The summed E-state index contributed by atoms with van der Waals surface area (Å²) in [6.07, 6.45) is -0.422. The number of nitrogens with one attached hydrogen (secondary N) is 1. The lowest BCUT2D eigenvalue weighted by molar-refractivity contribution is 0.105. The van der Waals surface area contributed by atoms with Gasteiger partial charge in [-0.1, -0.05) is 6.07 Å². The third-order valence-corrected chi connectivity index (χ3v) is 3.55. The molecule has 106 valence electrons. The van der Waals surface area contributed by atoms with E-state index in [9.17, 15) is 5.11 Å². The number of aryl methyl sites for hydroxylation is 1. The summed E-state index contributed by atoms with van der Waals surface area (Å²) >= 11 is 0. The van der Waals surface area contributed by atoms with Gasteiger partial charge in [0.25, 0.3) is 0 Å². The van der Waals surface area contributed by atoms with Crippen molar-refractivity contribution in [1.82, 2.24) is 10.2 Å². The normalized spacial score (nSPS) is 18.3. The lowest BCUT2D eigenvalue weighted by atomic mass is 10.0. The van der Waals surface area contributed by atoms with Crippen LogP contribution in [0.1, 0.15) is 24.2 Å². The SMILES string of the molecule is CCOc1ccc(C(O)CN2CCNCC2)c(C)c1. The zero-order valence-corrected chi connectivity index (χ0v) is 11.9. The molecule has 1 aliphatic heterocycles. The van der Waals surface area contributed by atoms with Gasteiger partial charge in [0.15, 0.2) is 0 Å². The largest absolute Gasteiger partial charge is 0.494 e. The molecule has 1 fully saturated rings. The van der Waals surface area contributed by atoms with E-state index in [1.807, 2.05) is 32.0 Å². The van der Waals surface area contributed by atoms with Crippen LogP contribution in [0.5, 0.6) is 5.75 Å². The number of hydrogen-bond donors (Lipinski definition) is 2. The van der Waals surface area contributed by atoms with Gasteiger partial charge in [0.1, 0.15) is 5.75 Å². The average Bonchev–Trinajstić information content (AvgIpc) is 2.40. The van der Waals surface area contributed by atoms with Gasteiger partial charge in [-0.25, -0.2) is 0 Å². The van der Waals surface area contributed by atoms with Crippen LogP contribution in [-0.4, -0.2) is 49.3 Å². The number of piperazine rings is 1. The Morgan fingerprint density at radius 1 is 1.37 bits per heavy atom. The minimum atomic E-state index is -0.422. The first-order valence-electron chi connectivity index (χ1n) is 7.05. The molecule has 1 aromatic carbocycles. The van der Waals surface area contributed by atoms with E-state index in [0.29, 0.717) is 13.2 Å². The molecule has 4 heteroatoms. The standard InChI is InChI=1S/C15H24N2O2/c1-3-19-13-4-5-14(12(2)10-13)15(18)11-17-8-6-16-7-9-17/h4-5,10,15-16,18H,3,6-9,11H2,1-2H3. The molecular formula is C15H24N2O2. The molecule has 0 bridgehead atoms. The second-order valence-corrected chi connectivity index (χ2v) is 5.02. The van der Waals surface area contributed by atoms with Crippen molar-refractivity contribution in [3.8, 4) is 5.75 Å². The van der Waals surface area contributed by atoms with Crippen molar-refractivity contribution in [1.29, 1.82) is 0 Å². The lowest BCUT2D eigenvalue weighted by Crippen LogP contribution is -2.45. The molecule has 0 radical (unpaired) electrons. The van der Waals surface area contributed by atoms with E-state index in [1.165, 1.54) is 0 Å². The van der Waals surface area contributed by atoms with Gasteiger partial charge in [-0.2, -0.15) is 0 Å². The minimum absolute atomic E-state index is 0.422. The van der Waals surface area contributed by atoms with E-state index in [1.54, 1.807) is 0 Å². The van der Waals surface area contributed by atoms with Crippen molar-refractivity contribution >= 4 is 0 Å². The fraction of sp³-hybridized carbons (Fsp3) is 0.600. The van der Waals surface area contributed by atoms with Gasteiger partial charge >= 0.3 is 0 Å². The van der Waals surface area contributed by atoms with Gasteiger partial charge in [0.05, 0.1) is 12.7 Å². The molecule has 1 aliphatic rings. The lowest BCUT2D eigenvalue weighted by Gasteiger charge is -2.29. The van der Waals surface area contributed by atoms with Gasteiger partial charge in [-0.05, 0) is 37.1 Å². The Labute approximate surface area is 115 Å². The average molecular weight is 264 g/mol. The summed E-state index contributed by atoms with van der Waals surface area (Å²) in [6.45, 7) is 9.41. The summed E-state index contributed by atoms with van der Waals surface area (Å²) in [5.74, 6) is 0.873. The Kier molecular flexibility index (Phi) is 5.19. The van der Waals surface area contributed by atoms with E-state index < -0.39 is 6.10 Å². The van der Waals surface area contributed by atoms with Crippen LogP contribution in [0.15, 0.2) is 18.2 Å². The molecule has 1 heterocycles. The van der Waals surface area contributed by atoms with Crippen LogP contribution in [0.2, 0.25) is 0 Å². The molecule has 0 amide bonds. The van der Waals surface area contributed by atoms with Crippen LogP contribution in [0.3, 0.4) is 0 Å². The number of benzene rings is 1. The van der Waals surface area contributed by atoms with Crippen LogP contribution < -0.4 is 10.1 Å². The van der Waals surface area contributed by atoms with E-state index in [4.69, 9.17) is 4.74 Å². The van der Waals surface area contributed by atoms with E-state index >= 15 is 0 Å². The molecule has 1 aromatic rings. The predicted molar refractivity (Wildman–Crippen MR) is 76.6 cm³/mol. The molecule has 4 nitrogen and oxygen atoms in total. The Morgan fingerprint density at radius 2 is 2.11 bits per heavy atom. The number of rotatable bonds is 5. The Morgan fingerprint density at radius 3 is 2.74 bits per heavy atom. The zero-order chi connectivity index (χ0) is 13.7. The zero-order valence-electron chi connectivity index (χ0n) is 11.9. The molecule has 1 atom stereocenters. The van der Waals surface area contributed by atoms with E-state index in [0.717, 1.165) is 43.1 Å². The fourth-order valence-corrected chi connectivity index (χ4v) is 2.52. The first-order valence-corrected chi connectivity index (χ1v) is 7.05. The second kappa shape index (κ2) is 6.89. The van der Waals surface area contributed by atoms with Gasteiger partial charge in [-0.3, -0.25) is 4.90 Å². The quantitative estimate of drug-likeness (QED) is 0.842. The molecule has 19 heavy (non-hydrogen) atoms. The maximum atomic E-state index is 10.4. The van der Waals surface area contributed by atoms with Crippen LogP contribution in [0.25, 0.3) is 0 Å². The van der Waals surface area contributed by atoms with Crippen molar-refractivity contribution in [2.45, 2.75) is 20.0 Å². The summed E-state index contributed by atoms with van der Waals surface area (Å²) in [4.78, 5) is 2.30. The molecule has 2 N–H and O–H groups in total. The Hall–Kier alpha value is -1.10. The molecule has 1 saturated heterocycles. The highest BCUT2D eigenvalue weighted by Gasteiger charge is 2.17. The summed E-state index contributed by atoms with van der Waals surface area (Å²) in [6, 6.07) is 5.92. The van der Waals surface area contributed by atoms with E-state index in [2.05, 4.69) is 10.2 Å². The molecule has 0 aliphatic carbocycles. The molecule has 0 spiro atoms. The van der Waals surface area contributed by atoms with Crippen molar-refractivity contribution in [3.05, 3.63) is 29.3 Å². The topological polar surface area (TPSA) is 44.7 Å². The highest BCUT2D eigenvalue weighted by molar-refractivity contribution is 5.36. The van der Waals surface area contributed by atoms with Crippen LogP contribution in [0.4, 0.5) is 0 Å². The van der Waals surface area contributed by atoms with Crippen LogP contribution in [-0.2, 0) is 0 Å². The maximum absolute atomic E-state index is 10.4. The number of ether oxygens (including phenoxy) is 1. The Balaban J connectivity index is 1.99. The first kappa shape index (κ1) is 14.3. The van der Waals surface area contributed by atoms with Crippen molar-refractivity contribution < 1.29 is 9.84 Å². The Bertz CT molecular complexity index is 403. The first-order chi connectivity index (χ1) is 9.20. The summed E-state index contributed by atoms with van der Waals surface area (Å²) < 4.78 is 5.47. The highest BCUT2D eigenvalue weighted by Crippen LogP contribution is 2.23. The second-order valence-electron chi connectivity index (χ2n) is 5.02. The molecule has 0 aromatic heterocycles. The van der Waals surface area contributed by atoms with Gasteiger partial charge < -0.3 is 15.2 Å². The number of aliphatic hydroxyl groups is 1. The molecule has 1 unspecified atom stereocenters. The van der Waals surface area contributed by atoms with Crippen LogP contribution >= 0.6 is 0 Å². The fourth-order valence-electron chi connectivity index (χ4n) is 2.52. The number of β-amino-alcohol motifs (C(OH)–C–C–N with tert-alkyl or cyclic N) is 1. The number of aliphatic hydroxyl groups excluding tert-OH is 1. The summed E-state index contributed by atoms with van der Waals surface area (Å²) in [5.41, 5.74) is 2.09. The summed E-state index contributed by atoms with van der Waals surface area (Å²) in [5, 5.41) is 13.7. The van der Waals surface area contributed by atoms with Gasteiger partial charge in [0, 0.05) is 32.7 Å². The van der Waals surface area contributed by atoms with E-state index in [-0.39, 0.29) is 0 Å². The van der Waals surface area contributed by atoms with Gasteiger partial charge in [0.2, 0.25) is 0 Å². The minimum Gasteiger partial charge on any atom is -0.494 e. The number of hydrogen-bond acceptors (Lipinski definition) is 4. The van der Waals surface area contributed by atoms with Gasteiger partial charge in [-0.15, -0.1) is 0 Å². The third kappa shape index (κ3) is 3.93. The number of nitrogens with zero attached hydrogens (tertiary/aromatic N) is 1.